The van der Waals surface area contributed by atoms with Crippen LogP contribution in [0, 0.1) is 11.8 Å². The molecule has 6 aliphatic heterocycles. The van der Waals surface area contributed by atoms with Crippen LogP contribution in [0.15, 0.2) is 98.1 Å². The number of aliphatic hydroxyl groups excluding tert-OH is 2. The lowest BCUT2D eigenvalue weighted by molar-refractivity contribution is -0.170. The molecule has 51 heavy (non-hydrogen) atoms. The second-order valence-electron chi connectivity index (χ2n) is 13.9. The number of esters is 2. The first-order chi connectivity index (χ1) is 24.5. The molecule has 0 saturated carbocycles. The molecule has 13 heteroatoms. The molecule has 6 saturated heterocycles. The predicted octanol–water partition coefficient (Wildman–Crippen LogP) is 1.69. The van der Waals surface area contributed by atoms with Crippen molar-refractivity contribution < 1.29 is 34.8 Å². The van der Waals surface area contributed by atoms with Gasteiger partial charge >= 0.3 is 11.9 Å². The van der Waals surface area contributed by atoms with Gasteiger partial charge in [0.1, 0.15) is 12.2 Å². The standard InChI is InChI=1S/2C19H23N3O3.H2O/c2*23-13-19(22-11-8-20-14-22,16-4-2-1-3-5-16)18(24)25-17-12-21-9-6-15(17)7-10-21;/h2*1-5,8,11,14-15,17,23H,6-7,9-10,12-13H2;1H2/t17?,19-;;/m1../s1. The molecule has 4 aromatic rings. The van der Waals surface area contributed by atoms with E-state index < -0.39 is 23.0 Å². The van der Waals surface area contributed by atoms with E-state index in [9.17, 15) is 19.8 Å². The summed E-state index contributed by atoms with van der Waals surface area (Å²) in [5, 5.41) is 20.5. The van der Waals surface area contributed by atoms with Crippen LogP contribution in [-0.2, 0) is 30.1 Å². The van der Waals surface area contributed by atoms with Gasteiger partial charge in [-0.05, 0) is 74.8 Å². The van der Waals surface area contributed by atoms with E-state index in [1.165, 1.54) is 0 Å². The van der Waals surface area contributed by atoms with Crippen molar-refractivity contribution in [2.45, 2.75) is 49.0 Å². The van der Waals surface area contributed by atoms with Crippen molar-refractivity contribution in [3.05, 3.63) is 109 Å². The first-order valence-corrected chi connectivity index (χ1v) is 17.6. The minimum absolute atomic E-state index is 0. The molecule has 4 bridgehead atoms. The number of carbonyl (C=O) groups is 2. The zero-order valence-electron chi connectivity index (χ0n) is 28.7. The van der Waals surface area contributed by atoms with Gasteiger partial charge in [-0.2, -0.15) is 0 Å². The van der Waals surface area contributed by atoms with Crippen molar-refractivity contribution in [1.82, 2.24) is 28.9 Å². The van der Waals surface area contributed by atoms with Crippen LogP contribution in [0.3, 0.4) is 0 Å². The number of imidazole rings is 2. The van der Waals surface area contributed by atoms with Gasteiger partial charge in [-0.15, -0.1) is 0 Å². The van der Waals surface area contributed by atoms with Crippen LogP contribution in [0.25, 0.3) is 0 Å². The summed E-state index contributed by atoms with van der Waals surface area (Å²) in [4.78, 5) is 39.4. The fraction of sp³-hybridized carbons (Fsp3) is 0.474. The van der Waals surface area contributed by atoms with Gasteiger partial charge in [0.25, 0.3) is 0 Å². The quantitative estimate of drug-likeness (QED) is 0.233. The molecule has 4 N–H and O–H groups in total. The molecule has 4 atom stereocenters. The highest BCUT2D eigenvalue weighted by atomic mass is 16.6. The van der Waals surface area contributed by atoms with Gasteiger partial charge in [-0.1, -0.05) is 60.7 Å². The van der Waals surface area contributed by atoms with E-state index in [1.54, 1.807) is 46.6 Å². The average Bonchev–Trinajstić information content (AvgIpc) is 3.92. The molecule has 272 valence electrons. The molecule has 0 aliphatic carbocycles. The van der Waals surface area contributed by atoms with Gasteiger partial charge in [0.15, 0.2) is 11.1 Å². The molecular weight excluding hydrogens is 652 g/mol. The number of ether oxygens (including phenoxy) is 2. The molecule has 0 amide bonds. The van der Waals surface area contributed by atoms with Crippen LogP contribution >= 0.6 is 0 Å². The summed E-state index contributed by atoms with van der Waals surface area (Å²) in [6.45, 7) is 5.16. The summed E-state index contributed by atoms with van der Waals surface area (Å²) < 4.78 is 15.2. The lowest BCUT2D eigenvalue weighted by atomic mass is 9.85. The van der Waals surface area contributed by atoms with Crippen molar-refractivity contribution >= 4 is 11.9 Å². The average molecular weight is 701 g/mol. The Labute approximate surface area is 297 Å². The summed E-state index contributed by atoms with van der Waals surface area (Å²) in [6.07, 6.45) is 13.8. The van der Waals surface area contributed by atoms with Crippen LogP contribution in [0.5, 0.6) is 0 Å². The summed E-state index contributed by atoms with van der Waals surface area (Å²) >= 11 is 0. The van der Waals surface area contributed by atoms with Gasteiger partial charge in [-0.25, -0.2) is 19.6 Å². The Hall–Kier alpha value is -4.40. The zero-order chi connectivity index (χ0) is 34.6. The third-order valence-corrected chi connectivity index (χ3v) is 11.2. The number of carbonyl (C=O) groups excluding carboxylic acids is 2. The van der Waals surface area contributed by atoms with Gasteiger partial charge in [-0.3, -0.25) is 9.80 Å². The number of benzene rings is 2. The Balaban J connectivity index is 0.000000172. The third kappa shape index (κ3) is 6.96. The van der Waals surface area contributed by atoms with E-state index >= 15 is 0 Å². The number of hydrogen-bond acceptors (Lipinski definition) is 10. The van der Waals surface area contributed by atoms with Crippen molar-refractivity contribution in [3.63, 3.8) is 0 Å². The minimum atomic E-state index is -1.30. The second-order valence-corrected chi connectivity index (χ2v) is 13.9. The molecule has 10 rings (SSSR count). The SMILES string of the molecule is O.O=C(OC1CN2CCC1CC2)C(CO)(c1ccccc1)n1ccnc1.O=C(OC1CN2CCC1CC2)[C@@](CO)(c1ccccc1)n1ccnc1. The zero-order valence-corrected chi connectivity index (χ0v) is 28.7. The summed E-state index contributed by atoms with van der Waals surface area (Å²) in [5.74, 6) is 0.00343. The van der Waals surface area contributed by atoms with Gasteiger partial charge in [0.2, 0.25) is 0 Å². The Morgan fingerprint density at radius 1 is 0.647 bits per heavy atom. The fourth-order valence-corrected chi connectivity index (χ4v) is 8.18. The maximum atomic E-state index is 13.3. The van der Waals surface area contributed by atoms with E-state index in [2.05, 4.69) is 19.8 Å². The monoisotopic (exact) mass is 700 g/mol. The number of aromatic nitrogens is 4. The Morgan fingerprint density at radius 2 is 1.02 bits per heavy atom. The molecule has 2 aromatic heterocycles. The molecule has 13 nitrogen and oxygen atoms in total. The molecule has 2 aromatic carbocycles. The van der Waals surface area contributed by atoms with Crippen LogP contribution in [0.2, 0.25) is 0 Å². The maximum Gasteiger partial charge on any atom is 0.339 e. The molecule has 0 radical (unpaired) electrons. The molecule has 0 spiro atoms. The summed E-state index contributed by atoms with van der Waals surface area (Å²) in [7, 11) is 0. The largest absolute Gasteiger partial charge is 0.459 e. The van der Waals surface area contributed by atoms with Crippen LogP contribution in [-0.4, -0.2) is 121 Å². The van der Waals surface area contributed by atoms with E-state index in [0.717, 1.165) is 65.0 Å². The number of piperidine rings is 6. The molecular formula is C38H48N6O7. The minimum Gasteiger partial charge on any atom is -0.459 e. The number of fused-ring (bicyclic) bond motifs is 6. The lowest BCUT2D eigenvalue weighted by Crippen LogP contribution is -2.55. The molecule has 8 heterocycles. The number of hydrogen-bond donors (Lipinski definition) is 2. The van der Waals surface area contributed by atoms with Gasteiger partial charge in [0, 0.05) is 37.9 Å². The van der Waals surface area contributed by atoms with Crippen molar-refractivity contribution in [1.29, 1.82) is 0 Å². The summed E-state index contributed by atoms with van der Waals surface area (Å²) in [6, 6.07) is 18.6. The topological polar surface area (TPSA) is 167 Å². The number of rotatable bonds is 10. The van der Waals surface area contributed by atoms with Gasteiger partial charge in [0.05, 0.1) is 25.9 Å². The lowest BCUT2D eigenvalue weighted by Gasteiger charge is -2.45. The van der Waals surface area contributed by atoms with E-state index in [4.69, 9.17) is 9.47 Å². The highest BCUT2D eigenvalue weighted by molar-refractivity contribution is 5.84. The Bertz CT molecular complexity index is 1550. The highest BCUT2D eigenvalue weighted by Gasteiger charge is 2.48. The summed E-state index contributed by atoms with van der Waals surface area (Å²) in [5.41, 5.74) is -1.21. The predicted molar refractivity (Wildman–Crippen MR) is 187 cm³/mol. The number of aliphatic hydroxyl groups is 2. The van der Waals surface area contributed by atoms with E-state index in [-0.39, 0.29) is 30.9 Å². The fourth-order valence-electron chi connectivity index (χ4n) is 8.18. The van der Waals surface area contributed by atoms with Crippen LogP contribution in [0.1, 0.15) is 36.8 Å². The first-order valence-electron chi connectivity index (χ1n) is 17.6. The molecule has 6 aliphatic rings. The normalized spacial score (nSPS) is 27.1. The Morgan fingerprint density at radius 3 is 1.29 bits per heavy atom. The van der Waals surface area contributed by atoms with Crippen LogP contribution < -0.4 is 0 Å². The number of nitrogens with zero attached hydrogens (tertiary/aromatic N) is 6. The third-order valence-electron chi connectivity index (χ3n) is 11.2. The van der Waals surface area contributed by atoms with E-state index in [0.29, 0.717) is 23.0 Å². The molecule has 3 unspecified atom stereocenters. The van der Waals surface area contributed by atoms with Crippen molar-refractivity contribution in [3.8, 4) is 0 Å². The smallest absolute Gasteiger partial charge is 0.339 e. The van der Waals surface area contributed by atoms with Crippen molar-refractivity contribution in [2.75, 3.05) is 52.5 Å². The van der Waals surface area contributed by atoms with Crippen LogP contribution in [0.4, 0.5) is 0 Å². The highest BCUT2D eigenvalue weighted by Crippen LogP contribution is 2.35. The van der Waals surface area contributed by atoms with Gasteiger partial charge < -0.3 is 34.3 Å². The first kappa shape index (κ1) is 36.4. The van der Waals surface area contributed by atoms with E-state index in [1.807, 2.05) is 60.7 Å². The second kappa shape index (κ2) is 15.9. The Kier molecular flexibility index (Phi) is 11.3. The van der Waals surface area contributed by atoms with Crippen molar-refractivity contribution in [2.24, 2.45) is 11.8 Å². The maximum absolute atomic E-state index is 13.3. The molecule has 6 fully saturated rings.